The number of carbonyl (C=O) groups is 1. The molecule has 0 fully saturated rings. The van der Waals surface area contributed by atoms with Crippen LogP contribution in [-0.2, 0) is 0 Å². The van der Waals surface area contributed by atoms with Crippen LogP contribution in [0.3, 0.4) is 0 Å². The topological polar surface area (TPSA) is 65.8 Å². The average molecular weight is 286 g/mol. The summed E-state index contributed by atoms with van der Waals surface area (Å²) in [6, 6.07) is 3.92. The van der Waals surface area contributed by atoms with E-state index in [4.69, 9.17) is 0 Å². The fourth-order valence-corrected chi connectivity index (χ4v) is 1.92. The molecule has 0 aliphatic heterocycles. The molecular weight excluding hydrogens is 264 g/mol. The predicted octanol–water partition coefficient (Wildman–Crippen LogP) is 2.36. The fourth-order valence-electron chi connectivity index (χ4n) is 1.92. The van der Waals surface area contributed by atoms with Gasteiger partial charge < -0.3 is 10.6 Å². The Morgan fingerprint density at radius 1 is 1.38 bits per heavy atom. The van der Waals surface area contributed by atoms with Gasteiger partial charge in [-0.25, -0.2) is 0 Å². The first-order chi connectivity index (χ1) is 10.1. The van der Waals surface area contributed by atoms with Crippen LogP contribution in [0.5, 0.6) is 0 Å². The van der Waals surface area contributed by atoms with E-state index in [1.165, 1.54) is 0 Å². The number of aryl methyl sites for hydroxylation is 1. The minimum absolute atomic E-state index is 0.0776. The van der Waals surface area contributed by atoms with Gasteiger partial charge in [-0.1, -0.05) is 0 Å². The number of amides is 1. The molecular formula is C16H22N4O. The molecule has 0 aliphatic rings. The lowest BCUT2D eigenvalue weighted by Gasteiger charge is -2.12. The summed E-state index contributed by atoms with van der Waals surface area (Å²) < 4.78 is 0. The third-order valence-electron chi connectivity index (χ3n) is 2.98. The number of hydrogen-bond acceptors (Lipinski definition) is 4. The van der Waals surface area contributed by atoms with Gasteiger partial charge in [0.15, 0.2) is 0 Å². The molecule has 2 N–H and O–H groups in total. The van der Waals surface area contributed by atoms with E-state index in [9.17, 15) is 4.79 Å². The maximum absolute atomic E-state index is 12.2. The molecule has 0 saturated carbocycles. The Morgan fingerprint density at radius 3 is 2.81 bits per heavy atom. The number of nitrogens with one attached hydrogen (secondary N) is 2. The molecule has 21 heavy (non-hydrogen) atoms. The highest BCUT2D eigenvalue weighted by Gasteiger charge is 2.11. The molecule has 1 amide bonds. The molecule has 0 saturated heterocycles. The van der Waals surface area contributed by atoms with E-state index in [0.29, 0.717) is 18.7 Å². The highest BCUT2D eigenvalue weighted by atomic mass is 16.1. The molecule has 1 aromatic rings. The van der Waals surface area contributed by atoms with Crippen molar-refractivity contribution in [3.8, 4) is 0 Å². The largest absolute Gasteiger partial charge is 0.388 e. The first-order valence-corrected chi connectivity index (χ1v) is 6.78. The maximum Gasteiger partial charge on any atom is 0.251 e. The maximum atomic E-state index is 12.2. The summed E-state index contributed by atoms with van der Waals surface area (Å²) in [7, 11) is 1.85. The number of nitrogens with zero attached hydrogens (tertiary/aromatic N) is 2. The van der Waals surface area contributed by atoms with Crippen LogP contribution in [0.1, 0.15) is 21.5 Å². The standard InChI is InChI=1S/C16H22N4O/c1-12-10-14(13(2)15(11-12)18-4)16(21)20-9-8-19-7-5-6-17-3/h5-7,10-11,18H,3,8-9H2,1-2,4H3,(H,20,21)/b6-5-,19-7?. The Kier molecular flexibility index (Phi) is 6.87. The number of rotatable bonds is 7. The summed E-state index contributed by atoms with van der Waals surface area (Å²) >= 11 is 0. The number of allylic oxidation sites excluding steroid dienone is 1. The van der Waals surface area contributed by atoms with Crippen molar-refractivity contribution in [2.75, 3.05) is 25.5 Å². The highest BCUT2D eigenvalue weighted by molar-refractivity contribution is 5.97. The quantitative estimate of drug-likeness (QED) is 0.597. The summed E-state index contributed by atoms with van der Waals surface area (Å²) in [5, 5.41) is 5.97. The van der Waals surface area contributed by atoms with Gasteiger partial charge >= 0.3 is 0 Å². The Balaban J connectivity index is 2.60. The van der Waals surface area contributed by atoms with Crippen molar-refractivity contribution in [3.63, 3.8) is 0 Å². The van der Waals surface area contributed by atoms with Gasteiger partial charge in [-0.3, -0.25) is 14.8 Å². The lowest BCUT2D eigenvalue weighted by molar-refractivity contribution is 0.0954. The van der Waals surface area contributed by atoms with Gasteiger partial charge in [-0.15, -0.1) is 0 Å². The molecule has 0 radical (unpaired) electrons. The highest BCUT2D eigenvalue weighted by Crippen LogP contribution is 2.21. The zero-order valence-electron chi connectivity index (χ0n) is 12.8. The van der Waals surface area contributed by atoms with E-state index in [-0.39, 0.29) is 5.91 Å². The van der Waals surface area contributed by atoms with Gasteiger partial charge in [0.25, 0.3) is 5.91 Å². The summed E-state index contributed by atoms with van der Waals surface area (Å²) in [4.78, 5) is 19.9. The van der Waals surface area contributed by atoms with Gasteiger partial charge in [-0.2, -0.15) is 0 Å². The summed E-state index contributed by atoms with van der Waals surface area (Å²) in [5.74, 6) is -0.0776. The Bertz CT molecular complexity index is 562. The third-order valence-corrected chi connectivity index (χ3v) is 2.98. The zero-order chi connectivity index (χ0) is 15.7. The van der Waals surface area contributed by atoms with Gasteiger partial charge in [0.05, 0.1) is 6.54 Å². The molecule has 0 atom stereocenters. The Morgan fingerprint density at radius 2 is 2.14 bits per heavy atom. The molecule has 0 heterocycles. The van der Waals surface area contributed by atoms with Crippen LogP contribution in [0, 0.1) is 13.8 Å². The summed E-state index contributed by atoms with van der Waals surface area (Å²) in [5.41, 5.74) is 3.67. The first-order valence-electron chi connectivity index (χ1n) is 6.78. The molecule has 0 bridgehead atoms. The monoisotopic (exact) mass is 286 g/mol. The molecule has 5 heteroatoms. The van der Waals surface area contributed by atoms with Crippen molar-refractivity contribution in [1.82, 2.24) is 5.32 Å². The van der Waals surface area contributed by atoms with Gasteiger partial charge in [0, 0.05) is 37.3 Å². The smallest absolute Gasteiger partial charge is 0.251 e. The van der Waals surface area contributed by atoms with Crippen LogP contribution in [-0.4, -0.2) is 39.0 Å². The third kappa shape index (κ3) is 5.22. The van der Waals surface area contributed by atoms with Crippen LogP contribution in [0.2, 0.25) is 0 Å². The number of anilines is 1. The minimum Gasteiger partial charge on any atom is -0.388 e. The second-order valence-electron chi connectivity index (χ2n) is 4.57. The predicted molar refractivity (Wildman–Crippen MR) is 89.8 cm³/mol. The number of carbonyl (C=O) groups excluding carboxylic acids is 1. The molecule has 0 spiro atoms. The van der Waals surface area contributed by atoms with E-state index in [1.54, 1.807) is 18.5 Å². The van der Waals surface area contributed by atoms with Crippen molar-refractivity contribution < 1.29 is 4.79 Å². The van der Waals surface area contributed by atoms with Crippen LogP contribution >= 0.6 is 0 Å². The van der Waals surface area contributed by atoms with Crippen LogP contribution < -0.4 is 10.6 Å². The molecule has 0 aromatic heterocycles. The molecule has 112 valence electrons. The molecule has 1 aromatic carbocycles. The fraction of sp³-hybridized carbons (Fsp3) is 0.312. The van der Waals surface area contributed by atoms with E-state index >= 15 is 0 Å². The van der Waals surface area contributed by atoms with E-state index in [2.05, 4.69) is 27.3 Å². The minimum atomic E-state index is -0.0776. The van der Waals surface area contributed by atoms with Crippen molar-refractivity contribution >= 4 is 24.5 Å². The molecule has 0 aliphatic carbocycles. The van der Waals surface area contributed by atoms with Gasteiger partial charge in [0.1, 0.15) is 0 Å². The second-order valence-corrected chi connectivity index (χ2v) is 4.57. The van der Waals surface area contributed by atoms with Crippen molar-refractivity contribution in [3.05, 3.63) is 41.1 Å². The van der Waals surface area contributed by atoms with E-state index in [0.717, 1.165) is 16.8 Å². The normalized spacial score (nSPS) is 11.0. The van der Waals surface area contributed by atoms with Crippen LogP contribution in [0.15, 0.2) is 34.4 Å². The Labute approximate surface area is 125 Å². The zero-order valence-corrected chi connectivity index (χ0v) is 12.8. The SMILES string of the molecule is C=N/C=C\C=NCCNC(=O)c1cc(C)cc(NC)c1C. The molecule has 1 rings (SSSR count). The van der Waals surface area contributed by atoms with Gasteiger partial charge in [0.2, 0.25) is 0 Å². The summed E-state index contributed by atoms with van der Waals surface area (Å²) in [6.07, 6.45) is 4.88. The molecule has 5 nitrogen and oxygen atoms in total. The number of aliphatic imine (C=N–C) groups is 2. The van der Waals surface area contributed by atoms with Gasteiger partial charge in [-0.05, 0) is 49.9 Å². The number of hydrogen-bond donors (Lipinski definition) is 2. The Hall–Kier alpha value is -2.43. The number of benzene rings is 1. The van der Waals surface area contributed by atoms with E-state index < -0.39 is 0 Å². The first kappa shape index (κ1) is 16.6. The van der Waals surface area contributed by atoms with Crippen molar-refractivity contribution in [1.29, 1.82) is 0 Å². The molecule has 0 unspecified atom stereocenters. The van der Waals surface area contributed by atoms with Crippen molar-refractivity contribution in [2.24, 2.45) is 9.98 Å². The van der Waals surface area contributed by atoms with Crippen LogP contribution in [0.4, 0.5) is 5.69 Å². The van der Waals surface area contributed by atoms with E-state index in [1.807, 2.05) is 33.0 Å². The second kappa shape index (κ2) is 8.68. The van der Waals surface area contributed by atoms with Crippen molar-refractivity contribution in [2.45, 2.75) is 13.8 Å². The lowest BCUT2D eigenvalue weighted by Crippen LogP contribution is -2.27. The average Bonchev–Trinajstić information content (AvgIpc) is 2.48. The summed E-state index contributed by atoms with van der Waals surface area (Å²) in [6.45, 7) is 8.25. The lowest BCUT2D eigenvalue weighted by atomic mass is 10.0. The van der Waals surface area contributed by atoms with Crippen LogP contribution in [0.25, 0.3) is 0 Å².